The van der Waals surface area contributed by atoms with E-state index in [0.717, 1.165) is 44.5 Å². The Labute approximate surface area is 114 Å². The molecule has 0 saturated carbocycles. The van der Waals surface area contributed by atoms with Gasteiger partial charge in [-0.15, -0.1) is 0 Å². The Morgan fingerprint density at radius 1 is 1.63 bits per heavy atom. The fourth-order valence-electron chi connectivity index (χ4n) is 2.88. The molecule has 0 bridgehead atoms. The maximum absolute atomic E-state index is 12.5. The van der Waals surface area contributed by atoms with Crippen molar-refractivity contribution in [1.29, 1.82) is 0 Å². The molecular formula is C14H24N4O. The molecular weight excluding hydrogens is 240 g/mol. The lowest BCUT2D eigenvalue weighted by atomic mass is 9.76. The van der Waals surface area contributed by atoms with E-state index in [1.165, 1.54) is 0 Å². The number of hydrogen-bond donors (Lipinski definition) is 2. The van der Waals surface area contributed by atoms with Crippen LogP contribution in [0.4, 0.5) is 0 Å². The molecule has 5 heteroatoms. The van der Waals surface area contributed by atoms with Crippen molar-refractivity contribution in [2.75, 3.05) is 13.1 Å². The summed E-state index contributed by atoms with van der Waals surface area (Å²) in [6.45, 7) is 4.49. The first-order valence-electron chi connectivity index (χ1n) is 7.14. The Morgan fingerprint density at radius 3 is 3.05 bits per heavy atom. The van der Waals surface area contributed by atoms with E-state index in [1.807, 2.05) is 19.3 Å². The summed E-state index contributed by atoms with van der Waals surface area (Å²) in [4.78, 5) is 12.5. The van der Waals surface area contributed by atoms with Crippen molar-refractivity contribution in [3.05, 3.63) is 18.0 Å². The van der Waals surface area contributed by atoms with Gasteiger partial charge in [-0.1, -0.05) is 13.3 Å². The van der Waals surface area contributed by atoms with Gasteiger partial charge in [-0.25, -0.2) is 0 Å². The van der Waals surface area contributed by atoms with Crippen molar-refractivity contribution < 1.29 is 4.79 Å². The first kappa shape index (κ1) is 14.1. The smallest absolute Gasteiger partial charge is 0.227 e. The van der Waals surface area contributed by atoms with Gasteiger partial charge in [0.15, 0.2) is 0 Å². The van der Waals surface area contributed by atoms with E-state index in [2.05, 4.69) is 22.7 Å². The largest absolute Gasteiger partial charge is 0.350 e. The van der Waals surface area contributed by atoms with E-state index in [-0.39, 0.29) is 11.3 Å². The Balaban J connectivity index is 1.95. The Bertz CT molecular complexity index is 415. The highest BCUT2D eigenvalue weighted by Crippen LogP contribution is 2.31. The molecule has 1 aliphatic rings. The quantitative estimate of drug-likeness (QED) is 0.840. The van der Waals surface area contributed by atoms with Crippen molar-refractivity contribution >= 4 is 5.91 Å². The first-order valence-corrected chi connectivity index (χ1v) is 7.14. The third kappa shape index (κ3) is 3.35. The minimum absolute atomic E-state index is 0.173. The molecule has 0 radical (unpaired) electrons. The predicted octanol–water partition coefficient (Wildman–Crippen LogP) is 1.21. The van der Waals surface area contributed by atoms with Gasteiger partial charge in [-0.2, -0.15) is 5.10 Å². The van der Waals surface area contributed by atoms with Gasteiger partial charge in [0.05, 0.1) is 17.7 Å². The van der Waals surface area contributed by atoms with Gasteiger partial charge in [-0.3, -0.25) is 9.48 Å². The van der Waals surface area contributed by atoms with E-state index >= 15 is 0 Å². The third-order valence-corrected chi connectivity index (χ3v) is 3.88. The van der Waals surface area contributed by atoms with Crippen molar-refractivity contribution in [2.45, 2.75) is 39.2 Å². The lowest BCUT2D eigenvalue weighted by molar-refractivity contribution is -0.132. The van der Waals surface area contributed by atoms with Gasteiger partial charge in [0, 0.05) is 19.8 Å². The molecule has 1 saturated heterocycles. The van der Waals surface area contributed by atoms with Crippen LogP contribution in [0.5, 0.6) is 0 Å². The number of carbonyl (C=O) groups is 1. The highest BCUT2D eigenvalue weighted by Gasteiger charge is 2.38. The second-order valence-corrected chi connectivity index (χ2v) is 5.47. The van der Waals surface area contributed by atoms with Crippen molar-refractivity contribution in [3.8, 4) is 0 Å². The van der Waals surface area contributed by atoms with Gasteiger partial charge in [-0.05, 0) is 31.9 Å². The van der Waals surface area contributed by atoms with Crippen LogP contribution in [0.15, 0.2) is 12.3 Å². The topological polar surface area (TPSA) is 59.0 Å². The summed E-state index contributed by atoms with van der Waals surface area (Å²) in [5.41, 5.74) is 0.688. The van der Waals surface area contributed by atoms with Crippen LogP contribution in [-0.4, -0.2) is 28.8 Å². The van der Waals surface area contributed by atoms with Crippen LogP contribution in [0.2, 0.25) is 0 Å². The number of aryl methyl sites for hydroxylation is 1. The SMILES string of the molecule is CCCC1(C(=O)NCc2ccn(C)n2)CCCNC1. The van der Waals surface area contributed by atoms with E-state index in [9.17, 15) is 4.79 Å². The second kappa shape index (κ2) is 6.19. The second-order valence-electron chi connectivity index (χ2n) is 5.47. The summed E-state index contributed by atoms with van der Waals surface area (Å²) in [7, 11) is 1.88. The fraction of sp³-hybridized carbons (Fsp3) is 0.714. The van der Waals surface area contributed by atoms with Crippen molar-refractivity contribution in [2.24, 2.45) is 12.5 Å². The normalized spacial score (nSPS) is 23.3. The van der Waals surface area contributed by atoms with E-state index in [1.54, 1.807) is 4.68 Å². The van der Waals surface area contributed by atoms with Crippen molar-refractivity contribution in [3.63, 3.8) is 0 Å². The minimum Gasteiger partial charge on any atom is -0.350 e. The summed E-state index contributed by atoms with van der Waals surface area (Å²) in [6, 6.07) is 1.94. The summed E-state index contributed by atoms with van der Waals surface area (Å²) >= 11 is 0. The van der Waals surface area contributed by atoms with Gasteiger partial charge in [0.25, 0.3) is 0 Å². The van der Waals surface area contributed by atoms with Gasteiger partial charge < -0.3 is 10.6 Å². The molecule has 2 rings (SSSR count). The molecule has 1 aliphatic heterocycles. The Kier molecular flexibility index (Phi) is 4.58. The number of hydrogen-bond acceptors (Lipinski definition) is 3. The summed E-state index contributed by atoms with van der Waals surface area (Å²) in [6.07, 6.45) is 5.96. The zero-order valence-corrected chi connectivity index (χ0v) is 11.9. The van der Waals surface area contributed by atoms with Crippen LogP contribution in [0.1, 0.15) is 38.3 Å². The Hall–Kier alpha value is -1.36. The molecule has 2 N–H and O–H groups in total. The van der Waals surface area contributed by atoms with E-state index < -0.39 is 0 Å². The molecule has 0 aliphatic carbocycles. The molecule has 0 aromatic carbocycles. The zero-order chi connectivity index (χ0) is 13.7. The number of nitrogens with zero attached hydrogens (tertiary/aromatic N) is 2. The van der Waals surface area contributed by atoms with Crippen LogP contribution < -0.4 is 10.6 Å². The van der Waals surface area contributed by atoms with Crippen LogP contribution in [-0.2, 0) is 18.4 Å². The molecule has 1 atom stereocenters. The zero-order valence-electron chi connectivity index (χ0n) is 11.9. The minimum atomic E-state index is -0.220. The monoisotopic (exact) mass is 264 g/mol. The van der Waals surface area contributed by atoms with Gasteiger partial charge in [0.2, 0.25) is 5.91 Å². The third-order valence-electron chi connectivity index (χ3n) is 3.88. The molecule has 1 aromatic heterocycles. The summed E-state index contributed by atoms with van der Waals surface area (Å²) in [5, 5.41) is 10.7. The fourth-order valence-corrected chi connectivity index (χ4v) is 2.88. The number of nitrogens with one attached hydrogen (secondary N) is 2. The van der Waals surface area contributed by atoms with Crippen molar-refractivity contribution in [1.82, 2.24) is 20.4 Å². The maximum atomic E-state index is 12.5. The highest BCUT2D eigenvalue weighted by molar-refractivity contribution is 5.83. The standard InChI is InChI=1S/C14H24N4O/c1-3-6-14(7-4-8-15-11-14)13(19)16-10-12-5-9-18(2)17-12/h5,9,15H,3-4,6-8,10-11H2,1-2H3,(H,16,19). The number of carbonyl (C=O) groups excluding carboxylic acids is 1. The highest BCUT2D eigenvalue weighted by atomic mass is 16.2. The molecule has 1 aromatic rings. The summed E-state index contributed by atoms with van der Waals surface area (Å²) < 4.78 is 1.76. The molecule has 0 spiro atoms. The molecule has 1 fully saturated rings. The first-order chi connectivity index (χ1) is 9.16. The maximum Gasteiger partial charge on any atom is 0.227 e. The average Bonchev–Trinajstić information content (AvgIpc) is 2.83. The predicted molar refractivity (Wildman–Crippen MR) is 74.5 cm³/mol. The molecule has 1 unspecified atom stereocenters. The molecule has 5 nitrogen and oxygen atoms in total. The molecule has 1 amide bonds. The molecule has 2 heterocycles. The Morgan fingerprint density at radius 2 is 2.47 bits per heavy atom. The van der Waals surface area contributed by atoms with Gasteiger partial charge >= 0.3 is 0 Å². The lowest BCUT2D eigenvalue weighted by Crippen LogP contribution is -2.50. The van der Waals surface area contributed by atoms with E-state index in [0.29, 0.717) is 6.54 Å². The number of piperidine rings is 1. The van der Waals surface area contributed by atoms with Crippen LogP contribution in [0.25, 0.3) is 0 Å². The number of aromatic nitrogens is 2. The molecule has 106 valence electrons. The van der Waals surface area contributed by atoms with Crippen LogP contribution in [0.3, 0.4) is 0 Å². The lowest BCUT2D eigenvalue weighted by Gasteiger charge is -2.36. The average molecular weight is 264 g/mol. The van der Waals surface area contributed by atoms with Crippen LogP contribution in [0, 0.1) is 5.41 Å². The number of amides is 1. The van der Waals surface area contributed by atoms with E-state index in [4.69, 9.17) is 0 Å². The molecule has 19 heavy (non-hydrogen) atoms. The van der Waals surface area contributed by atoms with Gasteiger partial charge in [0.1, 0.15) is 0 Å². The summed E-state index contributed by atoms with van der Waals surface area (Å²) in [5.74, 6) is 0.173. The number of rotatable bonds is 5. The van der Waals surface area contributed by atoms with Crippen LogP contribution >= 0.6 is 0 Å².